The Labute approximate surface area is 178 Å². The van der Waals surface area contributed by atoms with Crippen LogP contribution in [0, 0.1) is 0 Å². The van der Waals surface area contributed by atoms with Crippen molar-refractivity contribution in [3.63, 3.8) is 0 Å². The topological polar surface area (TPSA) is 74.3 Å². The Hall–Kier alpha value is -2.94. The first-order valence-corrected chi connectivity index (χ1v) is 10.3. The van der Waals surface area contributed by atoms with E-state index < -0.39 is 6.36 Å². The second-order valence-electron chi connectivity index (χ2n) is 7.72. The maximum absolute atomic E-state index is 12.3. The highest BCUT2D eigenvalue weighted by atomic mass is 19.4. The summed E-state index contributed by atoms with van der Waals surface area (Å²) in [6.45, 7) is 3.48. The summed E-state index contributed by atoms with van der Waals surface area (Å²) in [6.07, 6.45) is 1.83. The van der Waals surface area contributed by atoms with E-state index in [9.17, 15) is 13.2 Å². The molecule has 0 amide bonds. The lowest BCUT2D eigenvalue weighted by molar-refractivity contribution is -0.306. The number of hydrogen-bond donors (Lipinski definition) is 2. The van der Waals surface area contributed by atoms with Gasteiger partial charge in [0.2, 0.25) is 0 Å². The van der Waals surface area contributed by atoms with Crippen molar-refractivity contribution in [3.05, 3.63) is 59.5 Å². The van der Waals surface area contributed by atoms with Gasteiger partial charge >= 0.3 is 6.36 Å². The molecule has 2 aromatic rings. The van der Waals surface area contributed by atoms with E-state index in [1.54, 1.807) is 12.3 Å². The molecule has 166 valence electrons. The van der Waals surface area contributed by atoms with Gasteiger partial charge in [0.15, 0.2) is 0 Å². The van der Waals surface area contributed by atoms with Crippen LogP contribution in [0.1, 0.15) is 37.3 Å². The van der Waals surface area contributed by atoms with Crippen LogP contribution in [0.3, 0.4) is 0 Å². The van der Waals surface area contributed by atoms with Crippen molar-refractivity contribution in [2.75, 3.05) is 5.73 Å². The lowest BCUT2D eigenvalue weighted by Crippen LogP contribution is -2.48. The van der Waals surface area contributed by atoms with Crippen LogP contribution in [-0.2, 0) is 17.8 Å². The molecule has 2 unspecified atom stereocenters. The molecule has 6 nitrogen and oxygen atoms in total. The number of anilines is 1. The lowest BCUT2D eigenvalue weighted by Gasteiger charge is -2.32. The van der Waals surface area contributed by atoms with Gasteiger partial charge in [-0.3, -0.25) is 4.57 Å². The molecule has 0 radical (unpaired) electrons. The van der Waals surface area contributed by atoms with Crippen LogP contribution < -0.4 is 15.8 Å². The minimum atomic E-state index is -4.64. The van der Waals surface area contributed by atoms with E-state index in [1.165, 1.54) is 6.08 Å². The van der Waals surface area contributed by atoms with E-state index in [4.69, 9.17) is 10.5 Å². The molecule has 3 N–H and O–H groups in total. The number of nitrogens with one attached hydrogen (secondary N) is 1. The first kappa shape index (κ1) is 21.3. The molecule has 1 aromatic carbocycles. The van der Waals surface area contributed by atoms with Gasteiger partial charge < -0.3 is 20.5 Å². The molecule has 2 heterocycles. The van der Waals surface area contributed by atoms with E-state index in [0.29, 0.717) is 24.8 Å². The molecular weight excluding hydrogens is 409 g/mol. The van der Waals surface area contributed by atoms with Crippen LogP contribution in [0.15, 0.2) is 48.4 Å². The zero-order chi connectivity index (χ0) is 22.0. The number of fused-ring (bicyclic) bond motifs is 1. The number of allylic oxidation sites excluding steroid dienone is 4. The Kier molecular flexibility index (Phi) is 5.95. The van der Waals surface area contributed by atoms with Crippen molar-refractivity contribution in [2.45, 2.75) is 57.8 Å². The minimum absolute atomic E-state index is 0.0147. The van der Waals surface area contributed by atoms with E-state index in [1.807, 2.05) is 28.8 Å². The molecule has 4 rings (SSSR count). The average molecular weight is 434 g/mol. The van der Waals surface area contributed by atoms with Crippen LogP contribution >= 0.6 is 0 Å². The Morgan fingerprint density at radius 3 is 2.65 bits per heavy atom. The number of hydrogen-bond acceptors (Lipinski definition) is 5. The molecule has 0 spiro atoms. The van der Waals surface area contributed by atoms with Crippen molar-refractivity contribution in [1.82, 2.24) is 14.9 Å². The highest BCUT2D eigenvalue weighted by molar-refractivity contribution is 5.68. The molecule has 0 bridgehead atoms. The highest BCUT2D eigenvalue weighted by Crippen LogP contribution is 2.31. The van der Waals surface area contributed by atoms with Crippen LogP contribution in [0.5, 0.6) is 6.01 Å². The summed E-state index contributed by atoms with van der Waals surface area (Å²) < 4.78 is 48.8. The Bertz CT molecular complexity index is 980. The maximum atomic E-state index is 12.3. The smallest absolute Gasteiger partial charge is 0.460 e. The summed E-state index contributed by atoms with van der Waals surface area (Å²) in [5.74, 6) is 0.394. The monoisotopic (exact) mass is 434 g/mol. The van der Waals surface area contributed by atoms with Crippen molar-refractivity contribution >= 4 is 11.4 Å². The molecule has 31 heavy (non-hydrogen) atoms. The first-order chi connectivity index (χ1) is 14.8. The van der Waals surface area contributed by atoms with Gasteiger partial charge in [-0.25, -0.2) is 0 Å². The third-order valence-electron chi connectivity index (χ3n) is 5.51. The number of rotatable bonds is 6. The molecule has 0 saturated carbocycles. The molecule has 2 atom stereocenters. The normalized spacial score (nSPS) is 21.0. The predicted octanol–water partition coefficient (Wildman–Crippen LogP) is 4.39. The number of imidazole rings is 1. The van der Waals surface area contributed by atoms with Crippen LogP contribution in [-0.4, -0.2) is 28.1 Å². The van der Waals surface area contributed by atoms with Gasteiger partial charge in [0.1, 0.15) is 17.7 Å². The quantitative estimate of drug-likeness (QED) is 0.705. The first-order valence-electron chi connectivity index (χ1n) is 10.3. The molecule has 1 aliphatic carbocycles. The second-order valence-corrected chi connectivity index (χ2v) is 7.72. The number of alkyl halides is 3. The van der Waals surface area contributed by atoms with Crippen molar-refractivity contribution < 1.29 is 22.6 Å². The van der Waals surface area contributed by atoms with Gasteiger partial charge in [0, 0.05) is 19.5 Å². The van der Waals surface area contributed by atoms with E-state index in [0.717, 1.165) is 29.7 Å². The molecule has 1 aromatic heterocycles. The number of benzene rings is 1. The molecular formula is C22H25F3N4O2. The Balaban J connectivity index is 1.36. The summed E-state index contributed by atoms with van der Waals surface area (Å²) in [4.78, 5) is 4.20. The van der Waals surface area contributed by atoms with Gasteiger partial charge in [-0.05, 0) is 35.6 Å². The number of nitrogens with two attached hydrogens (primary N) is 1. The molecule has 2 aliphatic rings. The minimum Gasteiger partial charge on any atom is -0.460 e. The van der Waals surface area contributed by atoms with E-state index in [2.05, 4.69) is 22.0 Å². The fourth-order valence-electron chi connectivity index (χ4n) is 3.93. The summed E-state index contributed by atoms with van der Waals surface area (Å²) in [5, 5.41) is 3.55. The van der Waals surface area contributed by atoms with Crippen molar-refractivity contribution in [3.8, 4) is 6.01 Å². The molecule has 1 aliphatic heterocycles. The standard InChI is InChI=1S/C22H25F3N4O2/c1-2-19-18(12-29-13-20(26)28-21(29)30-19)27-11-14-3-5-15(6-4-14)16-7-9-17(10-8-16)31-22(23,24)25/h3-7,9,13,18-19,27H,2,8,10-12,26H2,1H3. The van der Waals surface area contributed by atoms with Gasteiger partial charge in [-0.15, -0.1) is 13.2 Å². The summed E-state index contributed by atoms with van der Waals surface area (Å²) in [5.41, 5.74) is 8.87. The summed E-state index contributed by atoms with van der Waals surface area (Å²) in [6, 6.07) is 8.74. The lowest BCUT2D eigenvalue weighted by atomic mass is 9.96. The van der Waals surface area contributed by atoms with Crippen molar-refractivity contribution in [2.24, 2.45) is 0 Å². The van der Waals surface area contributed by atoms with Crippen LogP contribution in [0.4, 0.5) is 19.0 Å². The number of ether oxygens (including phenoxy) is 2. The largest absolute Gasteiger partial charge is 0.572 e. The number of aromatic nitrogens is 2. The third-order valence-corrected chi connectivity index (χ3v) is 5.51. The molecule has 0 saturated heterocycles. The van der Waals surface area contributed by atoms with Crippen LogP contribution in [0.2, 0.25) is 0 Å². The summed E-state index contributed by atoms with van der Waals surface area (Å²) in [7, 11) is 0. The SMILES string of the molecule is CCC1Oc2nc(N)cn2CC1NCc1ccc(C2=CC=C(OC(F)(F)F)CC2)cc1. The number of nitrogen functional groups attached to an aromatic ring is 1. The third kappa shape index (κ3) is 5.22. The van der Waals surface area contributed by atoms with E-state index in [-0.39, 0.29) is 24.3 Å². The number of nitrogens with zero attached hydrogens (tertiary/aromatic N) is 2. The van der Waals surface area contributed by atoms with Crippen LogP contribution in [0.25, 0.3) is 5.57 Å². The zero-order valence-electron chi connectivity index (χ0n) is 17.2. The van der Waals surface area contributed by atoms with Gasteiger partial charge in [0.25, 0.3) is 6.01 Å². The second kappa shape index (κ2) is 8.66. The van der Waals surface area contributed by atoms with E-state index >= 15 is 0 Å². The van der Waals surface area contributed by atoms with Gasteiger partial charge in [0.05, 0.1) is 12.2 Å². The number of halogens is 3. The molecule has 9 heteroatoms. The average Bonchev–Trinajstić information content (AvgIpc) is 3.10. The molecule has 0 fully saturated rings. The fraction of sp³-hybridized carbons (Fsp3) is 0.409. The highest BCUT2D eigenvalue weighted by Gasteiger charge is 2.32. The maximum Gasteiger partial charge on any atom is 0.572 e. The Morgan fingerprint density at radius 1 is 1.23 bits per heavy atom. The van der Waals surface area contributed by atoms with Gasteiger partial charge in [-0.2, -0.15) is 4.98 Å². The Morgan fingerprint density at radius 2 is 2.00 bits per heavy atom. The van der Waals surface area contributed by atoms with Crippen molar-refractivity contribution in [1.29, 1.82) is 0 Å². The zero-order valence-corrected chi connectivity index (χ0v) is 17.2. The fourth-order valence-corrected chi connectivity index (χ4v) is 3.93. The van der Waals surface area contributed by atoms with Gasteiger partial charge in [-0.1, -0.05) is 37.3 Å². The summed E-state index contributed by atoms with van der Waals surface area (Å²) >= 11 is 0. The predicted molar refractivity (Wildman–Crippen MR) is 111 cm³/mol.